The van der Waals surface area contributed by atoms with Crippen molar-refractivity contribution in [3.05, 3.63) is 11.9 Å². The van der Waals surface area contributed by atoms with Gasteiger partial charge in [-0.05, 0) is 33.6 Å². The van der Waals surface area contributed by atoms with Crippen LogP contribution in [-0.2, 0) is 4.74 Å². The third-order valence-corrected chi connectivity index (χ3v) is 3.29. The lowest BCUT2D eigenvalue weighted by Crippen LogP contribution is -2.42. The molecule has 1 amide bonds. The number of rotatable bonds is 1. The Morgan fingerprint density at radius 2 is 2.24 bits per heavy atom. The third-order valence-electron chi connectivity index (χ3n) is 3.29. The van der Waals surface area contributed by atoms with Crippen LogP contribution in [-0.4, -0.2) is 44.8 Å². The molecule has 2 rings (SSSR count). The summed E-state index contributed by atoms with van der Waals surface area (Å²) in [6, 6.07) is 0. The van der Waals surface area contributed by atoms with Crippen LogP contribution < -0.4 is 5.73 Å². The predicted molar refractivity (Wildman–Crippen MR) is 77.9 cm³/mol. The first-order valence-electron chi connectivity index (χ1n) is 7.05. The van der Waals surface area contributed by atoms with E-state index < -0.39 is 5.60 Å². The van der Waals surface area contributed by atoms with Crippen molar-refractivity contribution in [3.8, 4) is 5.88 Å². The standard InChI is InChI=1S/C14H22N4O3/c1-14(2,3)21-13(20)18-6-4-5-9(8-18)10-7-16-12(19)11(15)17-10/h7,9H,4-6,8H2,1-3H3,(H2,15,17)(H,16,19)/t9-/m0/s1. The number of nitrogens with zero attached hydrogens (tertiary/aromatic N) is 3. The van der Waals surface area contributed by atoms with Crippen LogP contribution in [0.25, 0.3) is 0 Å². The number of carbonyl (C=O) groups is 1. The second-order valence-corrected chi connectivity index (χ2v) is 6.27. The molecular weight excluding hydrogens is 272 g/mol. The quantitative estimate of drug-likeness (QED) is 0.820. The number of carbonyl (C=O) groups excluding carboxylic acids is 1. The molecule has 1 aliphatic heterocycles. The highest BCUT2D eigenvalue weighted by molar-refractivity contribution is 5.68. The van der Waals surface area contributed by atoms with Gasteiger partial charge < -0.3 is 20.5 Å². The van der Waals surface area contributed by atoms with Gasteiger partial charge in [-0.15, -0.1) is 0 Å². The summed E-state index contributed by atoms with van der Waals surface area (Å²) in [5.41, 5.74) is 5.76. The lowest BCUT2D eigenvalue weighted by molar-refractivity contribution is 0.0197. The van der Waals surface area contributed by atoms with Crippen LogP contribution in [0.1, 0.15) is 45.2 Å². The molecule has 21 heavy (non-hydrogen) atoms. The molecule has 3 N–H and O–H groups in total. The number of nitrogen functional groups attached to an aromatic ring is 1. The number of aromatic nitrogens is 2. The van der Waals surface area contributed by atoms with Crippen LogP contribution in [0.15, 0.2) is 6.20 Å². The lowest BCUT2D eigenvalue weighted by atomic mass is 9.95. The minimum Gasteiger partial charge on any atom is -0.491 e. The van der Waals surface area contributed by atoms with E-state index in [1.165, 1.54) is 6.20 Å². The van der Waals surface area contributed by atoms with Gasteiger partial charge in [0.25, 0.3) is 5.88 Å². The summed E-state index contributed by atoms with van der Waals surface area (Å²) in [4.78, 5) is 21.8. The Morgan fingerprint density at radius 1 is 1.52 bits per heavy atom. The van der Waals surface area contributed by atoms with Crippen molar-refractivity contribution in [3.63, 3.8) is 0 Å². The molecule has 0 saturated carbocycles. The molecular formula is C14H22N4O3. The van der Waals surface area contributed by atoms with E-state index in [1.54, 1.807) is 4.90 Å². The monoisotopic (exact) mass is 294 g/mol. The Hall–Kier alpha value is -2.05. The van der Waals surface area contributed by atoms with Gasteiger partial charge in [0.05, 0.1) is 11.9 Å². The van der Waals surface area contributed by atoms with Gasteiger partial charge in [-0.1, -0.05) is 0 Å². The van der Waals surface area contributed by atoms with Gasteiger partial charge in [0.2, 0.25) is 0 Å². The van der Waals surface area contributed by atoms with Crippen LogP contribution in [0.5, 0.6) is 5.88 Å². The van der Waals surface area contributed by atoms with E-state index >= 15 is 0 Å². The summed E-state index contributed by atoms with van der Waals surface area (Å²) in [5.74, 6) is -0.192. The molecule has 0 unspecified atom stereocenters. The zero-order valence-corrected chi connectivity index (χ0v) is 12.7. The van der Waals surface area contributed by atoms with E-state index in [4.69, 9.17) is 10.5 Å². The Bertz CT molecular complexity index is 527. The average molecular weight is 294 g/mol. The van der Waals surface area contributed by atoms with E-state index in [2.05, 4.69) is 9.97 Å². The van der Waals surface area contributed by atoms with Crippen LogP contribution in [0.4, 0.5) is 10.6 Å². The second kappa shape index (κ2) is 5.75. The van der Waals surface area contributed by atoms with Gasteiger partial charge in [-0.25, -0.2) is 14.8 Å². The molecule has 7 nitrogen and oxygen atoms in total. The van der Waals surface area contributed by atoms with Crippen LogP contribution >= 0.6 is 0 Å². The first-order valence-corrected chi connectivity index (χ1v) is 7.05. The zero-order chi connectivity index (χ0) is 15.6. The zero-order valence-electron chi connectivity index (χ0n) is 12.7. The molecule has 0 spiro atoms. The number of aromatic hydroxyl groups is 1. The summed E-state index contributed by atoms with van der Waals surface area (Å²) in [7, 11) is 0. The molecule has 1 aromatic rings. The Balaban J connectivity index is 2.06. The number of hydrogen-bond acceptors (Lipinski definition) is 6. The Morgan fingerprint density at radius 3 is 2.86 bits per heavy atom. The number of hydrogen-bond donors (Lipinski definition) is 2. The molecule has 1 fully saturated rings. The predicted octanol–water partition coefficient (Wildman–Crippen LogP) is 1.88. The smallest absolute Gasteiger partial charge is 0.410 e. The summed E-state index contributed by atoms with van der Waals surface area (Å²) in [6.45, 7) is 6.73. The first kappa shape index (κ1) is 15.3. The van der Waals surface area contributed by atoms with E-state index in [1.807, 2.05) is 20.8 Å². The molecule has 1 aromatic heterocycles. The number of amides is 1. The normalized spacial score (nSPS) is 19.4. The van der Waals surface area contributed by atoms with E-state index in [0.717, 1.165) is 12.8 Å². The van der Waals surface area contributed by atoms with Crippen molar-refractivity contribution < 1.29 is 14.6 Å². The van der Waals surface area contributed by atoms with E-state index in [0.29, 0.717) is 18.8 Å². The third kappa shape index (κ3) is 3.96. The second-order valence-electron chi connectivity index (χ2n) is 6.27. The maximum Gasteiger partial charge on any atom is 0.410 e. The fourth-order valence-corrected chi connectivity index (χ4v) is 2.32. The molecule has 1 atom stereocenters. The summed E-state index contributed by atoms with van der Waals surface area (Å²) < 4.78 is 5.39. The maximum atomic E-state index is 12.1. The SMILES string of the molecule is CC(C)(C)OC(=O)N1CCC[C@H](c2cnc(O)c(N)n2)C1. The molecule has 116 valence electrons. The summed E-state index contributed by atoms with van der Waals surface area (Å²) in [5, 5.41) is 9.33. The largest absolute Gasteiger partial charge is 0.491 e. The highest BCUT2D eigenvalue weighted by Gasteiger charge is 2.29. The molecule has 7 heteroatoms. The van der Waals surface area contributed by atoms with Gasteiger partial charge in [0, 0.05) is 19.0 Å². The Kier molecular flexibility index (Phi) is 4.20. The number of anilines is 1. The van der Waals surface area contributed by atoms with Gasteiger partial charge in [0.15, 0.2) is 5.82 Å². The van der Waals surface area contributed by atoms with Gasteiger partial charge >= 0.3 is 6.09 Å². The van der Waals surface area contributed by atoms with Crippen molar-refractivity contribution in [1.82, 2.24) is 14.9 Å². The van der Waals surface area contributed by atoms with Crippen LogP contribution in [0.2, 0.25) is 0 Å². The van der Waals surface area contributed by atoms with E-state index in [-0.39, 0.29) is 23.7 Å². The van der Waals surface area contributed by atoms with Crippen molar-refractivity contribution >= 4 is 11.9 Å². The fourth-order valence-electron chi connectivity index (χ4n) is 2.32. The lowest BCUT2D eigenvalue weighted by Gasteiger charge is -2.33. The highest BCUT2D eigenvalue weighted by Crippen LogP contribution is 2.28. The number of nitrogens with two attached hydrogens (primary N) is 1. The maximum absolute atomic E-state index is 12.1. The van der Waals surface area contributed by atoms with Crippen LogP contribution in [0, 0.1) is 0 Å². The first-order chi connectivity index (χ1) is 9.76. The molecule has 0 aromatic carbocycles. The molecule has 1 aliphatic rings. The van der Waals surface area contributed by atoms with Crippen molar-refractivity contribution in [2.75, 3.05) is 18.8 Å². The van der Waals surface area contributed by atoms with Gasteiger partial charge in [-0.2, -0.15) is 0 Å². The van der Waals surface area contributed by atoms with Crippen molar-refractivity contribution in [2.45, 2.75) is 45.1 Å². The molecule has 0 radical (unpaired) electrons. The molecule has 0 bridgehead atoms. The fraction of sp³-hybridized carbons (Fsp3) is 0.643. The van der Waals surface area contributed by atoms with E-state index in [9.17, 15) is 9.90 Å². The number of likely N-dealkylation sites (tertiary alicyclic amines) is 1. The van der Waals surface area contributed by atoms with Crippen LogP contribution in [0.3, 0.4) is 0 Å². The summed E-state index contributed by atoms with van der Waals surface area (Å²) in [6.07, 6.45) is 2.96. The van der Waals surface area contributed by atoms with Crippen molar-refractivity contribution in [2.24, 2.45) is 0 Å². The summed E-state index contributed by atoms with van der Waals surface area (Å²) >= 11 is 0. The van der Waals surface area contributed by atoms with Gasteiger partial charge in [-0.3, -0.25) is 0 Å². The molecule has 1 saturated heterocycles. The number of ether oxygens (including phenoxy) is 1. The van der Waals surface area contributed by atoms with Crippen molar-refractivity contribution in [1.29, 1.82) is 0 Å². The average Bonchev–Trinajstić information content (AvgIpc) is 2.40. The minimum absolute atomic E-state index is 0.0156. The molecule has 2 heterocycles. The molecule has 0 aliphatic carbocycles. The highest BCUT2D eigenvalue weighted by atomic mass is 16.6. The number of piperidine rings is 1. The Labute approximate surface area is 124 Å². The van der Waals surface area contributed by atoms with Gasteiger partial charge in [0.1, 0.15) is 5.60 Å². The minimum atomic E-state index is -0.507. The topological polar surface area (TPSA) is 102 Å².